The van der Waals surface area contributed by atoms with Crippen molar-refractivity contribution in [1.29, 1.82) is 0 Å². The molecule has 8 heteroatoms. The first-order chi connectivity index (χ1) is 12.7. The molecule has 0 saturated carbocycles. The fraction of sp³-hybridized carbons (Fsp3) is 0.389. The number of nitrogens with one attached hydrogen (secondary N) is 1. The minimum Gasteiger partial charge on any atom is -0.493 e. The highest BCUT2D eigenvalue weighted by Crippen LogP contribution is 2.40. The number of hydrogen-bond donors (Lipinski definition) is 1. The van der Waals surface area contributed by atoms with Crippen LogP contribution in [0.5, 0.6) is 17.2 Å². The number of hydrogen-bond acceptors (Lipinski definition) is 7. The van der Waals surface area contributed by atoms with E-state index in [0.29, 0.717) is 34.4 Å². The molecule has 1 aromatic carbocycles. The number of rotatable bonds is 6. The first-order valence-corrected chi connectivity index (χ1v) is 8.34. The van der Waals surface area contributed by atoms with Crippen LogP contribution in [0.4, 0.5) is 11.5 Å². The molecule has 0 radical (unpaired) electrons. The Labute approximate surface area is 152 Å². The van der Waals surface area contributed by atoms with E-state index in [4.69, 9.17) is 14.2 Å². The second kappa shape index (κ2) is 7.90. The molecule has 0 spiro atoms. The molecule has 2 heterocycles. The summed E-state index contributed by atoms with van der Waals surface area (Å²) < 4.78 is 16.0. The molecule has 0 atom stereocenters. The molecule has 0 unspecified atom stereocenters. The maximum absolute atomic E-state index is 12.3. The van der Waals surface area contributed by atoms with Crippen LogP contribution in [0.1, 0.15) is 23.3 Å². The molecule has 1 amide bonds. The number of ether oxygens (including phenoxy) is 3. The van der Waals surface area contributed by atoms with Crippen LogP contribution < -0.4 is 19.5 Å². The molecular formula is C18H22N4O4. The third-order valence-electron chi connectivity index (χ3n) is 4.20. The molecule has 8 nitrogen and oxygen atoms in total. The maximum atomic E-state index is 12.3. The maximum Gasteiger partial charge on any atom is 0.274 e. The van der Waals surface area contributed by atoms with Gasteiger partial charge in [0, 0.05) is 30.9 Å². The highest BCUT2D eigenvalue weighted by molar-refractivity contribution is 5.92. The van der Waals surface area contributed by atoms with E-state index in [9.17, 15) is 4.79 Å². The summed E-state index contributed by atoms with van der Waals surface area (Å²) in [5.41, 5.74) is 1.05. The van der Waals surface area contributed by atoms with Gasteiger partial charge in [0.15, 0.2) is 11.5 Å². The SMILES string of the molecule is COc1cc(Nc2cnc(C(=O)N3CCCC3)cn2)cc(OC)c1OC. The number of nitrogens with zero attached hydrogens (tertiary/aromatic N) is 3. The summed E-state index contributed by atoms with van der Waals surface area (Å²) >= 11 is 0. The summed E-state index contributed by atoms with van der Waals surface area (Å²) in [6.45, 7) is 1.57. The third-order valence-corrected chi connectivity index (χ3v) is 4.20. The van der Waals surface area contributed by atoms with Crippen LogP contribution in [0.3, 0.4) is 0 Å². The van der Waals surface area contributed by atoms with Crippen molar-refractivity contribution in [1.82, 2.24) is 14.9 Å². The van der Waals surface area contributed by atoms with Gasteiger partial charge >= 0.3 is 0 Å². The van der Waals surface area contributed by atoms with Gasteiger partial charge in [-0.25, -0.2) is 9.97 Å². The van der Waals surface area contributed by atoms with Gasteiger partial charge in [0.25, 0.3) is 5.91 Å². The van der Waals surface area contributed by atoms with Crippen LogP contribution >= 0.6 is 0 Å². The first kappa shape index (κ1) is 17.8. The topological polar surface area (TPSA) is 85.8 Å². The van der Waals surface area contributed by atoms with Crippen molar-refractivity contribution >= 4 is 17.4 Å². The van der Waals surface area contributed by atoms with E-state index in [-0.39, 0.29) is 5.91 Å². The number of carbonyl (C=O) groups excluding carboxylic acids is 1. The Kier molecular flexibility index (Phi) is 5.40. The molecule has 138 valence electrons. The normalized spacial score (nSPS) is 13.4. The first-order valence-electron chi connectivity index (χ1n) is 8.34. The van der Waals surface area contributed by atoms with Crippen molar-refractivity contribution in [3.63, 3.8) is 0 Å². The Balaban J connectivity index is 1.77. The van der Waals surface area contributed by atoms with Gasteiger partial charge in [-0.2, -0.15) is 0 Å². The zero-order valence-corrected chi connectivity index (χ0v) is 15.1. The van der Waals surface area contributed by atoms with Gasteiger partial charge in [-0.3, -0.25) is 4.79 Å². The molecule has 1 N–H and O–H groups in total. The number of anilines is 2. The molecule has 1 aromatic heterocycles. The highest BCUT2D eigenvalue weighted by Gasteiger charge is 2.21. The van der Waals surface area contributed by atoms with Gasteiger partial charge < -0.3 is 24.4 Å². The standard InChI is InChI=1S/C18H22N4O4/c1-24-14-8-12(9-15(25-2)17(14)26-3)21-16-11-19-13(10-20-16)18(23)22-6-4-5-7-22/h8-11H,4-7H2,1-3H3,(H,20,21). The Bertz CT molecular complexity index is 748. The number of carbonyl (C=O) groups is 1. The van der Waals surface area contributed by atoms with Crippen LogP contribution in [0, 0.1) is 0 Å². The Morgan fingerprint density at radius 2 is 1.65 bits per heavy atom. The van der Waals surface area contributed by atoms with Crippen molar-refractivity contribution in [3.05, 3.63) is 30.2 Å². The van der Waals surface area contributed by atoms with E-state index in [1.807, 2.05) is 0 Å². The van der Waals surface area contributed by atoms with Crippen LogP contribution in [0.25, 0.3) is 0 Å². The van der Waals surface area contributed by atoms with Crippen molar-refractivity contribution in [2.75, 3.05) is 39.7 Å². The van der Waals surface area contributed by atoms with E-state index < -0.39 is 0 Å². The fourth-order valence-corrected chi connectivity index (χ4v) is 2.89. The van der Waals surface area contributed by atoms with Crippen LogP contribution in [0.2, 0.25) is 0 Å². The molecule has 0 aliphatic carbocycles. The van der Waals surface area contributed by atoms with Gasteiger partial charge in [-0.15, -0.1) is 0 Å². The van der Waals surface area contributed by atoms with Crippen molar-refractivity contribution < 1.29 is 19.0 Å². The predicted molar refractivity (Wildman–Crippen MR) is 96.6 cm³/mol. The number of benzene rings is 1. The van der Waals surface area contributed by atoms with E-state index in [2.05, 4.69) is 15.3 Å². The second-order valence-electron chi connectivity index (χ2n) is 5.83. The van der Waals surface area contributed by atoms with E-state index in [1.165, 1.54) is 12.4 Å². The minimum absolute atomic E-state index is 0.0747. The smallest absolute Gasteiger partial charge is 0.274 e. The van der Waals surface area contributed by atoms with Crippen LogP contribution in [-0.4, -0.2) is 55.2 Å². The minimum atomic E-state index is -0.0747. The zero-order chi connectivity index (χ0) is 18.5. The Hall–Kier alpha value is -3.03. The van der Waals surface area contributed by atoms with E-state index >= 15 is 0 Å². The molecule has 1 aliphatic heterocycles. The summed E-state index contributed by atoms with van der Waals surface area (Å²) in [4.78, 5) is 22.6. The summed E-state index contributed by atoms with van der Waals surface area (Å²) in [5.74, 6) is 2.01. The molecular weight excluding hydrogens is 336 g/mol. The number of aromatic nitrogens is 2. The Morgan fingerprint density at radius 3 is 2.15 bits per heavy atom. The second-order valence-corrected chi connectivity index (χ2v) is 5.83. The lowest BCUT2D eigenvalue weighted by Crippen LogP contribution is -2.28. The zero-order valence-electron chi connectivity index (χ0n) is 15.1. The molecule has 26 heavy (non-hydrogen) atoms. The van der Waals surface area contributed by atoms with Gasteiger partial charge in [0.1, 0.15) is 11.5 Å². The molecule has 0 bridgehead atoms. The number of methoxy groups -OCH3 is 3. The lowest BCUT2D eigenvalue weighted by Gasteiger charge is -2.15. The number of amides is 1. The molecule has 2 aromatic rings. The van der Waals surface area contributed by atoms with E-state index in [0.717, 1.165) is 25.9 Å². The van der Waals surface area contributed by atoms with Gasteiger partial charge in [0.2, 0.25) is 5.75 Å². The Morgan fingerprint density at radius 1 is 1.00 bits per heavy atom. The van der Waals surface area contributed by atoms with Gasteiger partial charge in [-0.1, -0.05) is 0 Å². The summed E-state index contributed by atoms with van der Waals surface area (Å²) in [5, 5.41) is 3.13. The van der Waals surface area contributed by atoms with Crippen molar-refractivity contribution in [2.24, 2.45) is 0 Å². The molecule has 1 fully saturated rings. The van der Waals surface area contributed by atoms with Crippen LogP contribution in [0.15, 0.2) is 24.5 Å². The third kappa shape index (κ3) is 3.63. The lowest BCUT2D eigenvalue weighted by atomic mass is 10.2. The van der Waals surface area contributed by atoms with Gasteiger partial charge in [-0.05, 0) is 12.8 Å². The molecule has 1 saturated heterocycles. The monoisotopic (exact) mass is 358 g/mol. The van der Waals surface area contributed by atoms with Crippen molar-refractivity contribution in [2.45, 2.75) is 12.8 Å². The summed E-state index contributed by atoms with van der Waals surface area (Å²) in [6, 6.07) is 3.54. The summed E-state index contributed by atoms with van der Waals surface area (Å²) in [7, 11) is 4.66. The quantitative estimate of drug-likeness (QED) is 0.849. The lowest BCUT2D eigenvalue weighted by molar-refractivity contribution is 0.0786. The molecule has 3 rings (SSSR count). The van der Waals surface area contributed by atoms with Gasteiger partial charge in [0.05, 0.1) is 33.7 Å². The fourth-order valence-electron chi connectivity index (χ4n) is 2.89. The summed E-state index contributed by atoms with van der Waals surface area (Å²) in [6.07, 6.45) is 5.10. The number of likely N-dealkylation sites (tertiary alicyclic amines) is 1. The highest BCUT2D eigenvalue weighted by atomic mass is 16.5. The average molecular weight is 358 g/mol. The van der Waals surface area contributed by atoms with E-state index in [1.54, 1.807) is 38.4 Å². The predicted octanol–water partition coefficient (Wildman–Crippen LogP) is 2.48. The average Bonchev–Trinajstić information content (AvgIpc) is 3.22. The largest absolute Gasteiger partial charge is 0.493 e. The van der Waals surface area contributed by atoms with Crippen molar-refractivity contribution in [3.8, 4) is 17.2 Å². The molecule has 1 aliphatic rings. The van der Waals surface area contributed by atoms with Crippen LogP contribution in [-0.2, 0) is 0 Å².